The Bertz CT molecular complexity index is 1300. The minimum Gasteiger partial charge on any atom is -0.507 e. The lowest BCUT2D eigenvalue weighted by atomic mass is 9.85. The highest BCUT2D eigenvalue weighted by molar-refractivity contribution is 6.51. The first-order chi connectivity index (χ1) is 16.3. The average molecular weight is 456 g/mol. The minimum atomic E-state index is -0.797. The predicted octanol–water partition coefficient (Wildman–Crippen LogP) is 5.34. The second-order valence-electron chi connectivity index (χ2n) is 9.44. The van der Waals surface area contributed by atoms with Crippen molar-refractivity contribution in [2.45, 2.75) is 32.2 Å². The Morgan fingerprint density at radius 2 is 1.59 bits per heavy atom. The number of ether oxygens (including phenoxy) is 2. The molecule has 2 aliphatic heterocycles. The second-order valence-corrected chi connectivity index (χ2v) is 9.44. The van der Waals surface area contributed by atoms with Gasteiger partial charge in [-0.1, -0.05) is 75.4 Å². The summed E-state index contributed by atoms with van der Waals surface area (Å²) in [5, 5.41) is 11.2. The maximum atomic E-state index is 13.3. The predicted molar refractivity (Wildman–Crippen MR) is 129 cm³/mol. The fourth-order valence-electron chi connectivity index (χ4n) is 4.37. The number of anilines is 1. The molecule has 172 valence electrons. The molecule has 0 aromatic heterocycles. The monoisotopic (exact) mass is 455 g/mol. The number of nitrogens with zero attached hydrogens (tertiary/aromatic N) is 1. The van der Waals surface area contributed by atoms with Gasteiger partial charge < -0.3 is 14.6 Å². The maximum Gasteiger partial charge on any atom is 0.300 e. The first-order valence-electron chi connectivity index (χ1n) is 11.1. The van der Waals surface area contributed by atoms with Crippen molar-refractivity contribution in [3.8, 4) is 11.5 Å². The first-order valence-corrected chi connectivity index (χ1v) is 11.1. The SMILES string of the molecule is CC(C)(C)c1ccc(C2/C(=C(\O)c3ccccc3)C(=O)C(=O)N2c2ccc3c(c2)OCO3)cc1. The van der Waals surface area contributed by atoms with Crippen LogP contribution < -0.4 is 14.4 Å². The van der Waals surface area contributed by atoms with Crippen molar-refractivity contribution in [3.05, 3.63) is 95.1 Å². The molecular weight excluding hydrogens is 430 g/mol. The number of benzene rings is 3. The molecule has 1 unspecified atom stereocenters. The number of aliphatic hydroxyl groups is 1. The summed E-state index contributed by atoms with van der Waals surface area (Å²) in [7, 11) is 0. The Labute approximate surface area is 198 Å². The van der Waals surface area contributed by atoms with Crippen LogP contribution in [0.4, 0.5) is 5.69 Å². The molecule has 1 amide bonds. The average Bonchev–Trinajstić information content (AvgIpc) is 3.40. The summed E-state index contributed by atoms with van der Waals surface area (Å²) in [5.41, 5.74) is 2.81. The maximum absolute atomic E-state index is 13.3. The summed E-state index contributed by atoms with van der Waals surface area (Å²) in [6.45, 7) is 6.46. The molecule has 1 saturated heterocycles. The van der Waals surface area contributed by atoms with E-state index in [1.165, 1.54) is 4.90 Å². The van der Waals surface area contributed by atoms with Crippen molar-refractivity contribution < 1.29 is 24.2 Å². The molecule has 0 spiro atoms. The highest BCUT2D eigenvalue weighted by Gasteiger charge is 2.47. The topological polar surface area (TPSA) is 76.1 Å². The van der Waals surface area contributed by atoms with E-state index in [-0.39, 0.29) is 23.5 Å². The van der Waals surface area contributed by atoms with Crippen molar-refractivity contribution in [2.75, 3.05) is 11.7 Å². The normalized spacial score (nSPS) is 19.0. The highest BCUT2D eigenvalue weighted by atomic mass is 16.7. The molecule has 0 radical (unpaired) electrons. The number of hydrogen-bond acceptors (Lipinski definition) is 5. The van der Waals surface area contributed by atoms with E-state index in [0.717, 1.165) is 11.1 Å². The fraction of sp³-hybridized carbons (Fsp3) is 0.214. The van der Waals surface area contributed by atoms with Crippen LogP contribution in [-0.4, -0.2) is 23.6 Å². The third kappa shape index (κ3) is 3.61. The van der Waals surface area contributed by atoms with Gasteiger partial charge in [0.15, 0.2) is 11.5 Å². The Balaban J connectivity index is 1.69. The Hall–Kier alpha value is -4.06. The molecule has 2 heterocycles. The second kappa shape index (κ2) is 8.06. The number of fused-ring (bicyclic) bond motifs is 1. The molecule has 3 aromatic carbocycles. The summed E-state index contributed by atoms with van der Waals surface area (Å²) in [5.74, 6) is -0.558. The number of hydrogen-bond donors (Lipinski definition) is 1. The van der Waals surface area contributed by atoms with Gasteiger partial charge in [-0.2, -0.15) is 0 Å². The molecule has 1 fully saturated rings. The van der Waals surface area contributed by atoms with Crippen LogP contribution in [0.25, 0.3) is 5.76 Å². The molecule has 0 bridgehead atoms. The largest absolute Gasteiger partial charge is 0.507 e. The Kier molecular flexibility index (Phi) is 5.16. The quantitative estimate of drug-likeness (QED) is 0.328. The van der Waals surface area contributed by atoms with E-state index in [1.54, 1.807) is 42.5 Å². The summed E-state index contributed by atoms with van der Waals surface area (Å²) in [6, 6.07) is 20.9. The van der Waals surface area contributed by atoms with Crippen LogP contribution >= 0.6 is 0 Å². The van der Waals surface area contributed by atoms with Gasteiger partial charge in [0, 0.05) is 17.3 Å². The molecule has 1 atom stereocenters. The molecule has 3 aromatic rings. The summed E-state index contributed by atoms with van der Waals surface area (Å²) in [6.07, 6.45) is 0. The zero-order valence-corrected chi connectivity index (χ0v) is 19.2. The summed E-state index contributed by atoms with van der Waals surface area (Å²) >= 11 is 0. The first kappa shape index (κ1) is 21.8. The van der Waals surface area contributed by atoms with Gasteiger partial charge in [0.2, 0.25) is 6.79 Å². The van der Waals surface area contributed by atoms with Crippen molar-refractivity contribution in [1.82, 2.24) is 0 Å². The van der Waals surface area contributed by atoms with Crippen LogP contribution in [0, 0.1) is 0 Å². The minimum absolute atomic E-state index is 0.0531. The number of aliphatic hydroxyl groups excluding tert-OH is 1. The number of carbonyl (C=O) groups is 2. The van der Waals surface area contributed by atoms with Crippen LogP contribution in [0.5, 0.6) is 11.5 Å². The van der Waals surface area contributed by atoms with Gasteiger partial charge >= 0.3 is 0 Å². The van der Waals surface area contributed by atoms with E-state index < -0.39 is 17.7 Å². The van der Waals surface area contributed by atoms with Crippen molar-refractivity contribution in [2.24, 2.45) is 0 Å². The number of ketones is 1. The van der Waals surface area contributed by atoms with E-state index in [4.69, 9.17) is 9.47 Å². The molecule has 0 aliphatic carbocycles. The van der Waals surface area contributed by atoms with E-state index >= 15 is 0 Å². The van der Waals surface area contributed by atoms with E-state index in [1.807, 2.05) is 30.3 Å². The van der Waals surface area contributed by atoms with Gasteiger partial charge in [-0.15, -0.1) is 0 Å². The smallest absolute Gasteiger partial charge is 0.300 e. The number of Topliss-reactive ketones (excluding diaryl/α,β-unsaturated/α-hetero) is 1. The Morgan fingerprint density at radius 3 is 2.26 bits per heavy atom. The van der Waals surface area contributed by atoms with Crippen LogP contribution in [0.3, 0.4) is 0 Å². The third-order valence-corrected chi connectivity index (χ3v) is 6.22. The van der Waals surface area contributed by atoms with E-state index in [9.17, 15) is 14.7 Å². The third-order valence-electron chi connectivity index (χ3n) is 6.22. The zero-order chi connectivity index (χ0) is 24.0. The van der Waals surface area contributed by atoms with Gasteiger partial charge in [0.25, 0.3) is 11.7 Å². The standard InChI is InChI=1S/C28H25NO5/c1-28(2,3)19-11-9-17(10-12-19)24-23(25(30)18-7-5-4-6-8-18)26(31)27(32)29(24)20-13-14-21-22(15-20)34-16-33-21/h4-15,24,30H,16H2,1-3H3/b25-23+. The molecule has 34 heavy (non-hydrogen) atoms. The lowest BCUT2D eigenvalue weighted by Gasteiger charge is -2.26. The molecule has 6 nitrogen and oxygen atoms in total. The lowest BCUT2D eigenvalue weighted by molar-refractivity contribution is -0.132. The lowest BCUT2D eigenvalue weighted by Crippen LogP contribution is -2.29. The zero-order valence-electron chi connectivity index (χ0n) is 19.2. The van der Waals surface area contributed by atoms with Gasteiger partial charge in [-0.3, -0.25) is 14.5 Å². The van der Waals surface area contributed by atoms with Gasteiger partial charge in [-0.05, 0) is 28.7 Å². The molecule has 2 aliphatic rings. The molecule has 6 heteroatoms. The van der Waals surface area contributed by atoms with Crippen LogP contribution in [0.15, 0.2) is 78.4 Å². The molecule has 5 rings (SSSR count). The van der Waals surface area contributed by atoms with Crippen molar-refractivity contribution in [1.29, 1.82) is 0 Å². The van der Waals surface area contributed by atoms with Crippen molar-refractivity contribution >= 4 is 23.1 Å². The number of carbonyl (C=O) groups excluding carboxylic acids is 2. The van der Waals surface area contributed by atoms with Crippen LogP contribution in [0.1, 0.15) is 43.5 Å². The van der Waals surface area contributed by atoms with Gasteiger partial charge in [0.1, 0.15) is 5.76 Å². The van der Waals surface area contributed by atoms with Crippen molar-refractivity contribution in [3.63, 3.8) is 0 Å². The summed E-state index contributed by atoms with van der Waals surface area (Å²) < 4.78 is 10.9. The van der Waals surface area contributed by atoms with Crippen LogP contribution in [-0.2, 0) is 15.0 Å². The van der Waals surface area contributed by atoms with E-state index in [0.29, 0.717) is 22.7 Å². The van der Waals surface area contributed by atoms with Crippen LogP contribution in [0.2, 0.25) is 0 Å². The van der Waals surface area contributed by atoms with E-state index in [2.05, 4.69) is 20.8 Å². The molecular formula is C28H25NO5. The molecule has 0 saturated carbocycles. The highest BCUT2D eigenvalue weighted by Crippen LogP contribution is 2.45. The summed E-state index contributed by atoms with van der Waals surface area (Å²) in [4.78, 5) is 28.0. The van der Waals surface area contributed by atoms with Gasteiger partial charge in [-0.25, -0.2) is 0 Å². The van der Waals surface area contributed by atoms with Gasteiger partial charge in [0.05, 0.1) is 11.6 Å². The molecule has 1 N–H and O–H groups in total. The number of rotatable bonds is 3. The Morgan fingerprint density at radius 1 is 0.912 bits per heavy atom. The fourth-order valence-corrected chi connectivity index (χ4v) is 4.37. The number of amides is 1.